The van der Waals surface area contributed by atoms with Gasteiger partial charge in [0.25, 0.3) is 0 Å². The Bertz CT molecular complexity index is 119. The van der Waals surface area contributed by atoms with Crippen molar-refractivity contribution in [2.75, 3.05) is 13.1 Å². The number of carbonyl (C=O) groups excluding carboxylic acids is 1. The SMILES string of the molecule is CCCNCC(=O)C(CC)CC. The maximum Gasteiger partial charge on any atom is 0.149 e. The molecule has 1 N–H and O–H groups in total. The van der Waals surface area contributed by atoms with E-state index in [0.717, 1.165) is 25.8 Å². The fourth-order valence-electron chi connectivity index (χ4n) is 1.28. The van der Waals surface area contributed by atoms with Crippen molar-refractivity contribution in [2.24, 2.45) is 5.92 Å². The van der Waals surface area contributed by atoms with Crippen molar-refractivity contribution in [2.45, 2.75) is 40.0 Å². The first kappa shape index (κ1) is 11.6. The van der Waals surface area contributed by atoms with Gasteiger partial charge in [-0.25, -0.2) is 0 Å². The Kier molecular flexibility index (Phi) is 7.06. The van der Waals surface area contributed by atoms with Crippen LogP contribution in [-0.4, -0.2) is 18.9 Å². The van der Waals surface area contributed by atoms with Crippen LogP contribution in [0.25, 0.3) is 0 Å². The molecular weight excluding hydrogens is 150 g/mol. The summed E-state index contributed by atoms with van der Waals surface area (Å²) in [7, 11) is 0. The minimum atomic E-state index is 0.273. The van der Waals surface area contributed by atoms with Gasteiger partial charge >= 0.3 is 0 Å². The number of nitrogens with one attached hydrogen (secondary N) is 1. The second kappa shape index (κ2) is 7.29. The quantitative estimate of drug-likeness (QED) is 0.593. The lowest BCUT2D eigenvalue weighted by atomic mass is 9.98. The molecule has 0 atom stereocenters. The summed E-state index contributed by atoms with van der Waals surface area (Å²) in [4.78, 5) is 11.4. The average Bonchev–Trinajstić information content (AvgIpc) is 2.07. The molecule has 0 spiro atoms. The molecule has 0 bridgehead atoms. The molecule has 0 aliphatic carbocycles. The van der Waals surface area contributed by atoms with Gasteiger partial charge in [-0.05, 0) is 25.8 Å². The van der Waals surface area contributed by atoms with Gasteiger partial charge < -0.3 is 5.32 Å². The first-order chi connectivity index (χ1) is 5.76. The standard InChI is InChI=1S/C10H21NO/c1-4-7-11-8-10(12)9(5-2)6-3/h9,11H,4-8H2,1-3H3. The van der Waals surface area contributed by atoms with E-state index in [2.05, 4.69) is 26.1 Å². The number of hydrogen-bond acceptors (Lipinski definition) is 2. The van der Waals surface area contributed by atoms with Crippen LogP contribution in [0.15, 0.2) is 0 Å². The van der Waals surface area contributed by atoms with Crippen molar-refractivity contribution >= 4 is 5.78 Å². The summed E-state index contributed by atoms with van der Waals surface area (Å²) in [6, 6.07) is 0. The van der Waals surface area contributed by atoms with Crippen LogP contribution in [0, 0.1) is 5.92 Å². The van der Waals surface area contributed by atoms with Crippen LogP contribution in [0.4, 0.5) is 0 Å². The van der Waals surface area contributed by atoms with E-state index in [1.165, 1.54) is 0 Å². The summed E-state index contributed by atoms with van der Waals surface area (Å²) < 4.78 is 0. The van der Waals surface area contributed by atoms with Crippen LogP contribution in [0.1, 0.15) is 40.0 Å². The lowest BCUT2D eigenvalue weighted by Crippen LogP contribution is -2.28. The molecule has 72 valence electrons. The Balaban J connectivity index is 3.54. The summed E-state index contributed by atoms with van der Waals surface area (Å²) in [6.45, 7) is 7.76. The Hall–Kier alpha value is -0.370. The fourth-order valence-corrected chi connectivity index (χ4v) is 1.28. The zero-order valence-electron chi connectivity index (χ0n) is 8.52. The smallest absolute Gasteiger partial charge is 0.149 e. The molecule has 0 fully saturated rings. The van der Waals surface area contributed by atoms with Crippen molar-refractivity contribution in [3.8, 4) is 0 Å². The van der Waals surface area contributed by atoms with E-state index in [4.69, 9.17) is 0 Å². The van der Waals surface area contributed by atoms with E-state index in [9.17, 15) is 4.79 Å². The maximum atomic E-state index is 11.4. The molecule has 2 nitrogen and oxygen atoms in total. The summed E-state index contributed by atoms with van der Waals surface area (Å²) in [6.07, 6.45) is 3.04. The third-order valence-corrected chi connectivity index (χ3v) is 2.17. The molecule has 0 aromatic carbocycles. The second-order valence-electron chi connectivity index (χ2n) is 3.16. The third kappa shape index (κ3) is 4.50. The molecule has 0 aromatic heterocycles. The van der Waals surface area contributed by atoms with Crippen molar-refractivity contribution in [1.82, 2.24) is 5.32 Å². The molecule has 0 heterocycles. The Morgan fingerprint density at radius 1 is 1.25 bits per heavy atom. The molecule has 0 saturated carbocycles. The molecule has 0 rings (SSSR count). The predicted molar refractivity (Wildman–Crippen MR) is 52.2 cm³/mol. The average molecular weight is 171 g/mol. The number of rotatable bonds is 7. The zero-order valence-corrected chi connectivity index (χ0v) is 8.52. The molecule has 0 amide bonds. The Morgan fingerprint density at radius 3 is 2.25 bits per heavy atom. The highest BCUT2D eigenvalue weighted by molar-refractivity contribution is 5.82. The number of ketones is 1. The predicted octanol–water partition coefficient (Wildman–Crippen LogP) is 1.99. The number of Topliss-reactive ketones (excluding diaryl/α,β-unsaturated/α-hetero) is 1. The second-order valence-corrected chi connectivity index (χ2v) is 3.16. The van der Waals surface area contributed by atoms with Gasteiger partial charge in [-0.3, -0.25) is 4.79 Å². The van der Waals surface area contributed by atoms with Crippen LogP contribution in [0.5, 0.6) is 0 Å². The monoisotopic (exact) mass is 171 g/mol. The topological polar surface area (TPSA) is 29.1 Å². The highest BCUT2D eigenvalue weighted by Crippen LogP contribution is 2.07. The van der Waals surface area contributed by atoms with Crippen LogP contribution in [-0.2, 0) is 4.79 Å². The summed E-state index contributed by atoms with van der Waals surface area (Å²) in [5, 5.41) is 3.13. The van der Waals surface area contributed by atoms with Crippen molar-refractivity contribution in [1.29, 1.82) is 0 Å². The first-order valence-electron chi connectivity index (χ1n) is 4.99. The minimum absolute atomic E-state index is 0.273. The van der Waals surface area contributed by atoms with Crippen LogP contribution in [0.3, 0.4) is 0 Å². The molecule has 0 aliphatic rings. The van der Waals surface area contributed by atoms with Crippen LogP contribution < -0.4 is 5.32 Å². The highest BCUT2D eigenvalue weighted by atomic mass is 16.1. The summed E-state index contributed by atoms with van der Waals surface area (Å²) >= 11 is 0. The van der Waals surface area contributed by atoms with Crippen molar-refractivity contribution in [3.05, 3.63) is 0 Å². The Morgan fingerprint density at radius 2 is 1.83 bits per heavy atom. The molecule has 0 aromatic rings. The maximum absolute atomic E-state index is 11.4. The fraction of sp³-hybridized carbons (Fsp3) is 0.900. The van der Waals surface area contributed by atoms with Gasteiger partial charge in [0.15, 0.2) is 0 Å². The summed E-state index contributed by atoms with van der Waals surface area (Å²) in [5.41, 5.74) is 0. The van der Waals surface area contributed by atoms with Crippen molar-refractivity contribution in [3.63, 3.8) is 0 Å². The summed E-state index contributed by atoms with van der Waals surface area (Å²) in [5.74, 6) is 0.641. The van der Waals surface area contributed by atoms with Crippen molar-refractivity contribution < 1.29 is 4.79 Å². The normalized spacial score (nSPS) is 10.7. The van der Waals surface area contributed by atoms with Crippen LogP contribution in [0.2, 0.25) is 0 Å². The van der Waals surface area contributed by atoms with Gasteiger partial charge in [-0.1, -0.05) is 20.8 Å². The van der Waals surface area contributed by atoms with E-state index in [-0.39, 0.29) is 5.92 Å². The number of hydrogen-bond donors (Lipinski definition) is 1. The van der Waals surface area contributed by atoms with Crippen LogP contribution >= 0.6 is 0 Å². The van der Waals surface area contributed by atoms with Gasteiger partial charge in [0.1, 0.15) is 5.78 Å². The van der Waals surface area contributed by atoms with Gasteiger partial charge in [-0.2, -0.15) is 0 Å². The number of carbonyl (C=O) groups is 1. The van der Waals surface area contributed by atoms with E-state index >= 15 is 0 Å². The molecule has 2 heteroatoms. The first-order valence-corrected chi connectivity index (χ1v) is 4.99. The Labute approximate surface area is 75.7 Å². The van der Waals surface area contributed by atoms with Gasteiger partial charge in [0, 0.05) is 5.92 Å². The minimum Gasteiger partial charge on any atom is -0.310 e. The molecule has 0 saturated heterocycles. The van der Waals surface area contributed by atoms with E-state index < -0.39 is 0 Å². The molecule has 0 unspecified atom stereocenters. The van der Waals surface area contributed by atoms with E-state index in [1.54, 1.807) is 0 Å². The largest absolute Gasteiger partial charge is 0.310 e. The lowest BCUT2D eigenvalue weighted by molar-refractivity contribution is -0.122. The molecule has 12 heavy (non-hydrogen) atoms. The highest BCUT2D eigenvalue weighted by Gasteiger charge is 2.12. The molecular formula is C10H21NO. The molecule has 0 radical (unpaired) electrons. The molecule has 0 aliphatic heterocycles. The van der Waals surface area contributed by atoms with E-state index in [0.29, 0.717) is 12.3 Å². The third-order valence-electron chi connectivity index (χ3n) is 2.17. The van der Waals surface area contributed by atoms with Gasteiger partial charge in [0.2, 0.25) is 0 Å². The van der Waals surface area contributed by atoms with Gasteiger partial charge in [0.05, 0.1) is 6.54 Å². The van der Waals surface area contributed by atoms with Gasteiger partial charge in [-0.15, -0.1) is 0 Å². The lowest BCUT2D eigenvalue weighted by Gasteiger charge is -2.10. The van der Waals surface area contributed by atoms with E-state index in [1.807, 2.05) is 0 Å². The zero-order chi connectivity index (χ0) is 9.40.